The number of hydrogen-bond donors (Lipinski definition) is 2. The lowest BCUT2D eigenvalue weighted by Crippen LogP contribution is -2.44. The van der Waals surface area contributed by atoms with E-state index in [9.17, 15) is 18.8 Å². The number of benzene rings is 1. The van der Waals surface area contributed by atoms with E-state index in [4.69, 9.17) is 27.9 Å². The normalized spacial score (nSPS) is 12.1. The molecule has 2 aromatic rings. The van der Waals surface area contributed by atoms with Crippen molar-refractivity contribution in [1.82, 2.24) is 10.3 Å². The third kappa shape index (κ3) is 5.90. The maximum atomic E-state index is 14.1. The Hall–Kier alpha value is -2.71. The van der Waals surface area contributed by atoms with Gasteiger partial charge in [0.25, 0.3) is 0 Å². The van der Waals surface area contributed by atoms with Gasteiger partial charge in [-0.1, -0.05) is 23.2 Å². The maximum Gasteiger partial charge on any atom is 0.408 e. The molecule has 0 saturated heterocycles. The summed E-state index contributed by atoms with van der Waals surface area (Å²) in [7, 11) is 0. The fourth-order valence-corrected chi connectivity index (χ4v) is 2.75. The van der Waals surface area contributed by atoms with Crippen LogP contribution in [0.4, 0.5) is 14.9 Å². The number of alkyl carbamates (subject to hydrolysis) is 1. The molecule has 0 unspecified atom stereocenters. The van der Waals surface area contributed by atoms with Gasteiger partial charge < -0.3 is 15.4 Å². The summed E-state index contributed by atoms with van der Waals surface area (Å²) in [5.41, 5.74) is -1.45. The average molecular weight is 456 g/mol. The Morgan fingerprint density at radius 2 is 1.83 bits per heavy atom. The standard InChI is InChI=1S/C20H20Cl2FN3O4/c1-10(25-19(29)30-20(2,3)4)18(28)26-13-8-7-11(21)15(22)14(13)17(27)16-12(23)6-5-9-24-16/h5-10H,1-4H3,(H,25,29)(H,26,28)/t10-/m0/s1. The number of carbonyl (C=O) groups is 3. The summed E-state index contributed by atoms with van der Waals surface area (Å²) in [6.07, 6.45) is 0.464. The summed E-state index contributed by atoms with van der Waals surface area (Å²) >= 11 is 12.2. The molecule has 1 atom stereocenters. The van der Waals surface area contributed by atoms with Gasteiger partial charge in [0.1, 0.15) is 17.3 Å². The van der Waals surface area contributed by atoms with Crippen molar-refractivity contribution >= 4 is 46.7 Å². The van der Waals surface area contributed by atoms with E-state index < -0.39 is 40.9 Å². The van der Waals surface area contributed by atoms with E-state index in [0.29, 0.717) is 0 Å². The van der Waals surface area contributed by atoms with Gasteiger partial charge in [-0.05, 0) is 52.0 Å². The summed E-state index contributed by atoms with van der Waals surface area (Å²) < 4.78 is 19.2. The van der Waals surface area contributed by atoms with Crippen LogP contribution in [0, 0.1) is 5.82 Å². The fraction of sp³-hybridized carbons (Fsp3) is 0.300. The number of nitrogens with one attached hydrogen (secondary N) is 2. The van der Waals surface area contributed by atoms with Gasteiger partial charge in [0, 0.05) is 6.20 Å². The highest BCUT2D eigenvalue weighted by Crippen LogP contribution is 2.33. The first-order chi connectivity index (χ1) is 13.9. The van der Waals surface area contributed by atoms with Crippen LogP contribution in [0.25, 0.3) is 0 Å². The number of rotatable bonds is 5. The van der Waals surface area contributed by atoms with E-state index in [1.165, 1.54) is 31.3 Å². The smallest absolute Gasteiger partial charge is 0.408 e. The van der Waals surface area contributed by atoms with Crippen LogP contribution in [0.3, 0.4) is 0 Å². The van der Waals surface area contributed by atoms with Gasteiger partial charge in [0.15, 0.2) is 5.82 Å². The van der Waals surface area contributed by atoms with E-state index in [0.717, 1.165) is 6.07 Å². The number of nitrogens with zero attached hydrogens (tertiary/aromatic N) is 1. The first-order valence-corrected chi connectivity index (χ1v) is 9.60. The van der Waals surface area contributed by atoms with Crippen LogP contribution in [-0.4, -0.2) is 34.4 Å². The van der Waals surface area contributed by atoms with Gasteiger partial charge in [-0.2, -0.15) is 0 Å². The van der Waals surface area contributed by atoms with Crippen molar-refractivity contribution in [2.75, 3.05) is 5.32 Å². The van der Waals surface area contributed by atoms with E-state index in [1.807, 2.05) is 0 Å². The third-order valence-electron chi connectivity index (χ3n) is 3.68. The maximum absolute atomic E-state index is 14.1. The fourth-order valence-electron chi connectivity index (χ4n) is 2.34. The third-order valence-corrected chi connectivity index (χ3v) is 4.48. The number of ketones is 1. The monoisotopic (exact) mass is 455 g/mol. The second kappa shape index (κ2) is 9.40. The number of aromatic nitrogens is 1. The molecule has 2 amide bonds. The highest BCUT2D eigenvalue weighted by atomic mass is 35.5. The molecule has 1 aromatic heterocycles. The van der Waals surface area contributed by atoms with Crippen LogP contribution in [0.1, 0.15) is 43.7 Å². The summed E-state index contributed by atoms with van der Waals surface area (Å²) in [5.74, 6) is -2.37. The molecular weight excluding hydrogens is 436 g/mol. The molecule has 0 saturated carbocycles. The topological polar surface area (TPSA) is 97.4 Å². The van der Waals surface area contributed by atoms with Crippen LogP contribution < -0.4 is 10.6 Å². The molecule has 160 valence electrons. The summed E-state index contributed by atoms with van der Waals surface area (Å²) in [6, 6.07) is 4.11. The van der Waals surface area contributed by atoms with Gasteiger partial charge in [-0.15, -0.1) is 0 Å². The number of anilines is 1. The van der Waals surface area contributed by atoms with E-state index >= 15 is 0 Å². The zero-order valence-electron chi connectivity index (χ0n) is 16.7. The van der Waals surface area contributed by atoms with Crippen molar-refractivity contribution in [2.45, 2.75) is 39.3 Å². The zero-order chi connectivity index (χ0) is 22.6. The summed E-state index contributed by atoms with van der Waals surface area (Å²) in [5, 5.41) is 4.74. The van der Waals surface area contributed by atoms with E-state index in [1.54, 1.807) is 20.8 Å². The van der Waals surface area contributed by atoms with E-state index in [2.05, 4.69) is 15.6 Å². The number of carbonyl (C=O) groups excluding carboxylic acids is 3. The number of ether oxygens (including phenoxy) is 1. The number of pyridine rings is 1. The molecule has 30 heavy (non-hydrogen) atoms. The van der Waals surface area contributed by atoms with Gasteiger partial charge in [-0.25, -0.2) is 14.2 Å². The number of amides is 2. The van der Waals surface area contributed by atoms with Crippen molar-refractivity contribution in [3.8, 4) is 0 Å². The minimum absolute atomic E-state index is 0.0118. The average Bonchev–Trinajstić information content (AvgIpc) is 2.63. The van der Waals surface area contributed by atoms with Crippen LogP contribution in [0.15, 0.2) is 30.5 Å². The molecule has 0 aliphatic rings. The van der Waals surface area contributed by atoms with Crippen LogP contribution in [0.5, 0.6) is 0 Å². The highest BCUT2D eigenvalue weighted by molar-refractivity contribution is 6.45. The highest BCUT2D eigenvalue weighted by Gasteiger charge is 2.26. The molecule has 0 fully saturated rings. The van der Waals surface area contributed by atoms with Gasteiger partial charge in [0.05, 0.1) is 21.3 Å². The molecule has 7 nitrogen and oxygen atoms in total. The Balaban J connectivity index is 2.29. The first-order valence-electron chi connectivity index (χ1n) is 8.84. The second-order valence-electron chi connectivity index (χ2n) is 7.30. The molecule has 2 rings (SSSR count). The number of hydrogen-bond acceptors (Lipinski definition) is 5. The molecule has 10 heteroatoms. The van der Waals surface area contributed by atoms with Gasteiger partial charge >= 0.3 is 6.09 Å². The van der Waals surface area contributed by atoms with Crippen LogP contribution in [-0.2, 0) is 9.53 Å². The number of halogens is 3. The molecule has 1 aromatic carbocycles. The second-order valence-corrected chi connectivity index (χ2v) is 8.09. The molecule has 0 aliphatic carbocycles. The van der Waals surface area contributed by atoms with E-state index in [-0.39, 0.29) is 21.3 Å². The molecular formula is C20H20Cl2FN3O4. The van der Waals surface area contributed by atoms with Crippen molar-refractivity contribution in [2.24, 2.45) is 0 Å². The quantitative estimate of drug-likeness (QED) is 0.641. The Bertz CT molecular complexity index is 993. The minimum Gasteiger partial charge on any atom is -0.444 e. The lowest BCUT2D eigenvalue weighted by atomic mass is 10.0. The molecule has 1 heterocycles. The Labute approximate surface area is 182 Å². The minimum atomic E-state index is -1.01. The molecule has 0 radical (unpaired) electrons. The lowest BCUT2D eigenvalue weighted by Gasteiger charge is -2.22. The van der Waals surface area contributed by atoms with Crippen LogP contribution in [0.2, 0.25) is 10.0 Å². The Morgan fingerprint density at radius 3 is 2.43 bits per heavy atom. The summed E-state index contributed by atoms with van der Waals surface area (Å²) in [4.78, 5) is 41.0. The van der Waals surface area contributed by atoms with Crippen molar-refractivity contribution in [3.05, 3.63) is 57.6 Å². The first kappa shape index (κ1) is 23.6. The largest absolute Gasteiger partial charge is 0.444 e. The molecule has 0 spiro atoms. The van der Waals surface area contributed by atoms with Gasteiger partial charge in [0.2, 0.25) is 11.7 Å². The SMILES string of the molecule is C[C@H](NC(=O)OC(C)(C)C)C(=O)Nc1ccc(Cl)c(Cl)c1C(=O)c1ncccc1F. The van der Waals surface area contributed by atoms with Crippen molar-refractivity contribution in [3.63, 3.8) is 0 Å². The van der Waals surface area contributed by atoms with Crippen LogP contribution >= 0.6 is 23.2 Å². The lowest BCUT2D eigenvalue weighted by molar-refractivity contribution is -0.117. The molecule has 2 N–H and O–H groups in total. The molecule has 0 aliphatic heterocycles. The van der Waals surface area contributed by atoms with Crippen molar-refractivity contribution < 1.29 is 23.5 Å². The predicted octanol–water partition coefficient (Wildman–Crippen LogP) is 4.61. The van der Waals surface area contributed by atoms with Gasteiger partial charge in [-0.3, -0.25) is 9.59 Å². The zero-order valence-corrected chi connectivity index (χ0v) is 18.2. The van der Waals surface area contributed by atoms with Crippen molar-refractivity contribution in [1.29, 1.82) is 0 Å². The molecule has 0 bridgehead atoms. The Morgan fingerprint density at radius 1 is 1.17 bits per heavy atom. The summed E-state index contributed by atoms with van der Waals surface area (Å²) in [6.45, 7) is 6.47. The Kier molecular flexibility index (Phi) is 7.39. The predicted molar refractivity (Wildman–Crippen MR) is 112 cm³/mol.